The van der Waals surface area contributed by atoms with E-state index in [0.717, 1.165) is 39.5 Å². The number of hydrogen-bond donors (Lipinski definition) is 4. The van der Waals surface area contributed by atoms with Crippen LogP contribution in [0, 0.1) is 5.82 Å². The molecular weight excluding hydrogens is 681 g/mol. The molecular formula is C36H32FN5O8S. The smallest absolute Gasteiger partial charge is 0.337 e. The summed E-state index contributed by atoms with van der Waals surface area (Å²) in [6.45, 7) is 0. The fraction of sp³-hybridized carbons (Fsp3) is 0.0833. The van der Waals surface area contributed by atoms with Gasteiger partial charge in [-0.25, -0.2) is 14.0 Å². The molecule has 0 spiro atoms. The van der Waals surface area contributed by atoms with Gasteiger partial charge in [0.2, 0.25) is 0 Å². The van der Waals surface area contributed by atoms with Crippen LogP contribution in [-0.4, -0.2) is 61.3 Å². The van der Waals surface area contributed by atoms with Crippen molar-refractivity contribution < 1.29 is 41.9 Å². The molecule has 0 aliphatic carbocycles. The zero-order valence-electron chi connectivity index (χ0n) is 27.4. The molecule has 0 aliphatic heterocycles. The molecule has 0 unspecified atom stereocenters. The number of halogens is 1. The summed E-state index contributed by atoms with van der Waals surface area (Å²) < 4.78 is 49.6. The molecule has 1 aromatic heterocycles. The van der Waals surface area contributed by atoms with E-state index < -0.39 is 27.9 Å². The van der Waals surface area contributed by atoms with Gasteiger partial charge in [0.15, 0.2) is 0 Å². The first kappa shape index (κ1) is 37.4. The van der Waals surface area contributed by atoms with E-state index in [1.54, 1.807) is 30.5 Å². The molecule has 0 radical (unpaired) electrons. The Bertz CT molecular complexity index is 2370. The number of rotatable bonds is 7. The van der Waals surface area contributed by atoms with E-state index >= 15 is 0 Å². The van der Waals surface area contributed by atoms with E-state index in [-0.39, 0.29) is 21.8 Å². The molecule has 51 heavy (non-hydrogen) atoms. The van der Waals surface area contributed by atoms with Crippen LogP contribution in [0.15, 0.2) is 124 Å². The highest BCUT2D eigenvalue weighted by molar-refractivity contribution is 7.85. The molecule has 262 valence electrons. The van der Waals surface area contributed by atoms with E-state index in [9.17, 15) is 27.0 Å². The van der Waals surface area contributed by atoms with Crippen molar-refractivity contribution in [1.82, 2.24) is 4.98 Å². The van der Waals surface area contributed by atoms with Crippen LogP contribution in [0.2, 0.25) is 0 Å². The minimum atomic E-state index is -4.35. The van der Waals surface area contributed by atoms with Crippen molar-refractivity contribution in [3.8, 4) is 5.75 Å². The molecule has 6 rings (SSSR count). The van der Waals surface area contributed by atoms with Crippen molar-refractivity contribution in [2.24, 2.45) is 10.2 Å². The average Bonchev–Trinajstić information content (AvgIpc) is 3.11. The number of anilines is 2. The Morgan fingerprint density at radius 1 is 0.824 bits per heavy atom. The minimum absolute atomic E-state index is 0.0684. The maximum atomic E-state index is 12.4. The Morgan fingerprint density at radius 2 is 1.53 bits per heavy atom. The topological polar surface area (TPSA) is 205 Å². The van der Waals surface area contributed by atoms with Gasteiger partial charge in [-0.1, -0.05) is 30.3 Å². The summed E-state index contributed by atoms with van der Waals surface area (Å²) in [7, 11) is 1.04. The maximum absolute atomic E-state index is 12.4. The zero-order valence-corrected chi connectivity index (χ0v) is 28.2. The molecule has 6 aromatic rings. The van der Waals surface area contributed by atoms with Crippen LogP contribution in [-0.2, 0) is 10.1 Å². The van der Waals surface area contributed by atoms with E-state index in [1.165, 1.54) is 31.4 Å². The van der Waals surface area contributed by atoms with Gasteiger partial charge in [-0.05, 0) is 72.8 Å². The van der Waals surface area contributed by atoms with Crippen molar-refractivity contribution >= 4 is 66.5 Å². The third-order valence-corrected chi connectivity index (χ3v) is 8.02. The lowest BCUT2D eigenvalue weighted by Gasteiger charge is -2.16. The van der Waals surface area contributed by atoms with Crippen molar-refractivity contribution in [3.63, 3.8) is 0 Å². The number of aromatic carboxylic acids is 2. The van der Waals surface area contributed by atoms with Crippen molar-refractivity contribution in [2.45, 2.75) is 4.90 Å². The number of nitrogen functional groups attached to an aromatic ring is 1. The number of benzene rings is 5. The Hall–Kier alpha value is -6.45. The molecule has 0 aliphatic rings. The lowest BCUT2D eigenvalue weighted by molar-refractivity contribution is 0.0686. The highest BCUT2D eigenvalue weighted by Gasteiger charge is 2.14. The van der Waals surface area contributed by atoms with Gasteiger partial charge < -0.3 is 25.6 Å². The summed E-state index contributed by atoms with van der Waals surface area (Å²) in [5.74, 6) is -2.38. The predicted molar refractivity (Wildman–Crippen MR) is 192 cm³/mol. The minimum Gasteiger partial charge on any atom is -0.494 e. The third-order valence-electron chi connectivity index (χ3n) is 7.17. The van der Waals surface area contributed by atoms with Gasteiger partial charge in [-0.3, -0.25) is 9.54 Å². The fourth-order valence-corrected chi connectivity index (χ4v) is 5.18. The highest BCUT2D eigenvalue weighted by Crippen LogP contribution is 2.36. The van der Waals surface area contributed by atoms with Crippen LogP contribution < -0.4 is 15.4 Å². The van der Waals surface area contributed by atoms with Crippen LogP contribution in [0.25, 0.3) is 21.7 Å². The van der Waals surface area contributed by atoms with E-state index in [0.29, 0.717) is 17.0 Å². The number of aromatic nitrogens is 1. The molecule has 1 heterocycles. The Morgan fingerprint density at radius 3 is 2.16 bits per heavy atom. The lowest BCUT2D eigenvalue weighted by atomic mass is 10.1. The van der Waals surface area contributed by atoms with Crippen LogP contribution in [0.4, 0.5) is 27.1 Å². The molecule has 0 fully saturated rings. The zero-order chi connectivity index (χ0) is 37.3. The molecule has 0 atom stereocenters. The van der Waals surface area contributed by atoms with E-state index in [1.807, 2.05) is 61.5 Å². The number of methoxy groups -OCH3 is 1. The van der Waals surface area contributed by atoms with Crippen molar-refractivity contribution in [3.05, 3.63) is 126 Å². The fourth-order valence-electron chi connectivity index (χ4n) is 4.68. The average molecular weight is 714 g/mol. The maximum Gasteiger partial charge on any atom is 0.337 e. The Kier molecular flexibility index (Phi) is 11.9. The molecule has 15 heteroatoms. The summed E-state index contributed by atoms with van der Waals surface area (Å²) in [5.41, 5.74) is 8.10. The molecule has 0 saturated heterocycles. The van der Waals surface area contributed by atoms with Crippen LogP contribution in [0.5, 0.6) is 5.75 Å². The van der Waals surface area contributed by atoms with Crippen LogP contribution >= 0.6 is 0 Å². The number of nitrogens with zero attached hydrogens (tertiary/aromatic N) is 4. The van der Waals surface area contributed by atoms with Gasteiger partial charge in [-0.15, -0.1) is 10.2 Å². The Balaban J connectivity index is 0.000000200. The monoisotopic (exact) mass is 713 g/mol. The second kappa shape index (κ2) is 16.3. The number of fused-ring (bicyclic) bond motifs is 2. The summed E-state index contributed by atoms with van der Waals surface area (Å²) in [6.07, 6.45) is 1.68. The van der Waals surface area contributed by atoms with Gasteiger partial charge in [0.25, 0.3) is 10.1 Å². The first-order valence-corrected chi connectivity index (χ1v) is 16.3. The summed E-state index contributed by atoms with van der Waals surface area (Å²) in [4.78, 5) is 26.8. The van der Waals surface area contributed by atoms with Crippen molar-refractivity contribution in [1.29, 1.82) is 0 Å². The molecule has 13 nitrogen and oxygen atoms in total. The Labute approximate surface area is 291 Å². The number of carboxylic acid groups (broad SMARTS) is 2. The van der Waals surface area contributed by atoms with Gasteiger partial charge in [0.05, 0.1) is 34.3 Å². The number of carbonyl (C=O) groups is 2. The number of hydrogen-bond acceptors (Lipinski definition) is 10. The van der Waals surface area contributed by atoms with Gasteiger partial charge in [-0.2, -0.15) is 8.42 Å². The number of pyridine rings is 1. The van der Waals surface area contributed by atoms with E-state index in [4.69, 9.17) is 20.7 Å². The summed E-state index contributed by atoms with van der Waals surface area (Å²) in [5, 5.41) is 28.4. The van der Waals surface area contributed by atoms with Crippen LogP contribution in [0.3, 0.4) is 0 Å². The van der Waals surface area contributed by atoms with Gasteiger partial charge >= 0.3 is 11.9 Å². The van der Waals surface area contributed by atoms with Gasteiger partial charge in [0, 0.05) is 47.8 Å². The number of azo groups is 1. The summed E-state index contributed by atoms with van der Waals surface area (Å²) in [6, 6.07) is 27.2. The summed E-state index contributed by atoms with van der Waals surface area (Å²) >= 11 is 0. The normalized spacial score (nSPS) is 10.9. The third kappa shape index (κ3) is 9.59. The molecule has 0 bridgehead atoms. The predicted octanol–water partition coefficient (Wildman–Crippen LogP) is 7.62. The molecule has 0 saturated carbocycles. The molecule has 5 N–H and O–H groups in total. The van der Waals surface area contributed by atoms with Crippen LogP contribution in [0.1, 0.15) is 20.7 Å². The van der Waals surface area contributed by atoms with Crippen molar-refractivity contribution in [2.75, 3.05) is 31.8 Å². The first-order chi connectivity index (χ1) is 24.2. The molecule has 5 aromatic carbocycles. The molecule has 0 amide bonds. The largest absolute Gasteiger partial charge is 0.494 e. The second-order valence-corrected chi connectivity index (χ2v) is 12.2. The standard InChI is InChI=1S/C19H19N3O4S.C10H7NO2.C7H6FNO2/c1-22(2)18-10-9-16(14-6-4-5-7-15(14)18)20-21-17-12-13(27(23,24)25)8-11-19(17)26-3;12-10(13)8-3-4-9-7(6-8)2-1-5-11-9;8-4-1-2-6(9)5(3-4)7(10)11/h4-12H,1-3H3,(H,23,24,25);1-6H,(H,12,13);1-3H,9H2,(H,10,11). The first-order valence-electron chi connectivity index (χ1n) is 14.8. The quantitative estimate of drug-likeness (QED) is 0.0719. The highest BCUT2D eigenvalue weighted by atomic mass is 32.2. The van der Waals surface area contributed by atoms with Gasteiger partial charge in [0.1, 0.15) is 17.3 Å². The second-order valence-electron chi connectivity index (χ2n) is 10.8. The number of ether oxygens (including phenoxy) is 1. The SMILES string of the molecule is COc1ccc(S(=O)(=O)O)cc1N=Nc1ccc(N(C)C)c2ccccc12.Nc1ccc(F)cc1C(=O)O.O=C(O)c1ccc2ncccc2c1. The number of carboxylic acids is 2. The number of nitrogens with two attached hydrogens (primary N) is 1. The van der Waals surface area contributed by atoms with E-state index in [2.05, 4.69) is 15.2 Å². The lowest BCUT2D eigenvalue weighted by Crippen LogP contribution is -2.08.